The minimum atomic E-state index is -2.03. The maximum absolute atomic E-state index is 15.2. The largest absolute Gasteiger partial charge is 0.458 e. The Kier molecular flexibility index (Phi) is 8.63. The van der Waals surface area contributed by atoms with Crippen LogP contribution in [-0.2, 0) is 39.5 Å². The SMILES string of the molecule is CC[C@@]1(O)C(=O)OCc2c1cc1n(c2=O)Cc2c-1nc1cc(F)c(Cl)c3c1c2C(NC(=O)CN(CCO)C(=O)c1ccc(-c2ccccc2)cc1)CC3. The van der Waals surface area contributed by atoms with Gasteiger partial charge in [-0.3, -0.25) is 14.4 Å². The number of amides is 2. The Hall–Kier alpha value is -5.43. The van der Waals surface area contributed by atoms with Crippen LogP contribution in [0.4, 0.5) is 4.39 Å². The number of benzene rings is 3. The molecule has 13 heteroatoms. The number of aryl methyl sites for hydroxylation is 1. The van der Waals surface area contributed by atoms with E-state index >= 15 is 4.39 Å². The number of rotatable bonds is 8. The van der Waals surface area contributed by atoms with Crippen molar-refractivity contribution in [3.63, 3.8) is 0 Å². The third-order valence-electron chi connectivity index (χ3n) is 10.6. The number of aliphatic hydroxyl groups is 2. The molecule has 4 heterocycles. The van der Waals surface area contributed by atoms with Gasteiger partial charge in [0.05, 0.1) is 53.2 Å². The Labute approximate surface area is 307 Å². The molecule has 1 unspecified atom stereocenters. The Morgan fingerprint density at radius 2 is 1.81 bits per heavy atom. The number of cyclic esters (lactones) is 1. The summed E-state index contributed by atoms with van der Waals surface area (Å²) in [6.45, 7) is 0.591. The van der Waals surface area contributed by atoms with Gasteiger partial charge in [-0.2, -0.15) is 0 Å². The van der Waals surface area contributed by atoms with Crippen LogP contribution >= 0.6 is 11.6 Å². The molecule has 2 atom stereocenters. The van der Waals surface area contributed by atoms with E-state index in [1.54, 1.807) is 25.1 Å². The summed E-state index contributed by atoms with van der Waals surface area (Å²) in [6.07, 6.45) is 0.631. The highest BCUT2D eigenvalue weighted by Gasteiger charge is 2.46. The molecule has 2 amide bonds. The molecule has 0 fully saturated rings. The van der Waals surface area contributed by atoms with Gasteiger partial charge in [0.1, 0.15) is 12.4 Å². The van der Waals surface area contributed by atoms with Gasteiger partial charge in [-0.15, -0.1) is 0 Å². The molecule has 0 saturated carbocycles. The summed E-state index contributed by atoms with van der Waals surface area (Å²) in [5.41, 5.74) is 2.84. The van der Waals surface area contributed by atoms with Gasteiger partial charge in [-0.1, -0.05) is 61.0 Å². The summed E-state index contributed by atoms with van der Waals surface area (Å²) in [5, 5.41) is 24.7. The van der Waals surface area contributed by atoms with Crippen LogP contribution in [0.25, 0.3) is 33.4 Å². The third-order valence-corrected chi connectivity index (χ3v) is 11.0. The lowest BCUT2D eigenvalue weighted by atomic mass is 9.83. The van der Waals surface area contributed by atoms with Crippen LogP contribution in [0.3, 0.4) is 0 Å². The monoisotopic (exact) mass is 736 g/mol. The van der Waals surface area contributed by atoms with Crippen LogP contribution in [0.5, 0.6) is 0 Å². The first kappa shape index (κ1) is 34.6. The molecule has 3 aliphatic rings. The molecule has 0 radical (unpaired) electrons. The van der Waals surface area contributed by atoms with E-state index in [0.717, 1.165) is 11.1 Å². The normalized spacial score (nSPS) is 18.2. The smallest absolute Gasteiger partial charge is 0.343 e. The number of carbonyl (C=O) groups is 3. The number of aliphatic hydroxyl groups excluding tert-OH is 1. The van der Waals surface area contributed by atoms with E-state index in [1.165, 1.54) is 15.5 Å². The van der Waals surface area contributed by atoms with Gasteiger partial charge in [0, 0.05) is 34.7 Å². The maximum atomic E-state index is 15.2. The average Bonchev–Trinajstić information content (AvgIpc) is 3.54. The highest BCUT2D eigenvalue weighted by atomic mass is 35.5. The zero-order chi connectivity index (χ0) is 37.2. The number of hydrogen-bond donors (Lipinski definition) is 3. The van der Waals surface area contributed by atoms with Gasteiger partial charge < -0.3 is 29.7 Å². The van der Waals surface area contributed by atoms with E-state index in [2.05, 4.69) is 5.32 Å². The lowest BCUT2D eigenvalue weighted by molar-refractivity contribution is -0.172. The topological polar surface area (TPSA) is 151 Å². The lowest BCUT2D eigenvalue weighted by Gasteiger charge is -2.31. The number of hydrogen-bond acceptors (Lipinski definition) is 8. The van der Waals surface area contributed by atoms with Crippen molar-refractivity contribution in [1.82, 2.24) is 19.8 Å². The molecular formula is C40H34ClFN4O7. The predicted molar refractivity (Wildman–Crippen MR) is 194 cm³/mol. The first-order chi connectivity index (χ1) is 25.5. The summed E-state index contributed by atoms with van der Waals surface area (Å²) >= 11 is 6.50. The molecule has 0 spiro atoms. The molecule has 270 valence electrons. The van der Waals surface area contributed by atoms with E-state index in [1.807, 2.05) is 42.5 Å². The fourth-order valence-corrected chi connectivity index (χ4v) is 8.15. The van der Waals surface area contributed by atoms with Gasteiger partial charge >= 0.3 is 5.97 Å². The van der Waals surface area contributed by atoms with Crippen molar-refractivity contribution < 1.29 is 33.7 Å². The molecule has 5 aromatic rings. The van der Waals surface area contributed by atoms with Gasteiger partial charge in [-0.25, -0.2) is 14.2 Å². The summed E-state index contributed by atoms with van der Waals surface area (Å²) in [4.78, 5) is 60.1. The zero-order valence-electron chi connectivity index (χ0n) is 28.6. The Balaban J connectivity index is 1.14. The molecular weight excluding hydrogens is 703 g/mol. The van der Waals surface area contributed by atoms with Crippen LogP contribution in [-0.4, -0.2) is 62.1 Å². The fraction of sp³-hybridized carbons (Fsp3) is 0.275. The molecule has 0 bridgehead atoms. The zero-order valence-corrected chi connectivity index (χ0v) is 29.4. The molecule has 3 aromatic carbocycles. The second-order valence-corrected chi connectivity index (χ2v) is 13.9. The number of carbonyl (C=O) groups excluding carboxylic acids is 3. The number of aromatic nitrogens is 2. The highest BCUT2D eigenvalue weighted by molar-refractivity contribution is 6.32. The molecule has 2 aromatic heterocycles. The quantitative estimate of drug-likeness (QED) is 0.189. The molecule has 53 heavy (non-hydrogen) atoms. The minimum absolute atomic E-state index is 0.0268. The number of pyridine rings is 2. The highest BCUT2D eigenvalue weighted by Crippen LogP contribution is 2.46. The summed E-state index contributed by atoms with van der Waals surface area (Å²) in [6, 6.07) is 18.9. The van der Waals surface area contributed by atoms with Gasteiger partial charge in [0.25, 0.3) is 11.5 Å². The van der Waals surface area contributed by atoms with Crippen molar-refractivity contribution in [2.24, 2.45) is 0 Å². The van der Waals surface area contributed by atoms with Crippen molar-refractivity contribution in [1.29, 1.82) is 0 Å². The fourth-order valence-electron chi connectivity index (χ4n) is 7.90. The standard InChI is InChI=1S/C40H34ClFN4O7/c1-2-40(52)27-16-31-36-25(18-46(31)38(50)26(27)20-53-39(40)51)34-29(13-12-24-33(34)30(44-36)17-28(42)35(24)41)43-32(48)19-45(14-15-47)37(49)23-10-8-22(9-11-23)21-6-4-3-5-7-21/h3-11,16-17,29,47,52H,2,12-15,18-20H2,1H3,(H,43,48)/t29?,40-/m0/s1. The number of esters is 1. The molecule has 0 saturated heterocycles. The van der Waals surface area contributed by atoms with Crippen LogP contribution in [0.15, 0.2) is 71.5 Å². The number of ether oxygens (including phenoxy) is 1. The number of nitrogens with zero attached hydrogens (tertiary/aromatic N) is 3. The van der Waals surface area contributed by atoms with Crippen molar-refractivity contribution in [2.75, 3.05) is 19.7 Å². The molecule has 1 aliphatic carbocycles. The first-order valence-corrected chi connectivity index (χ1v) is 17.8. The van der Waals surface area contributed by atoms with E-state index in [0.29, 0.717) is 51.9 Å². The predicted octanol–water partition coefficient (Wildman–Crippen LogP) is 4.78. The van der Waals surface area contributed by atoms with Crippen molar-refractivity contribution >= 4 is 40.3 Å². The first-order valence-electron chi connectivity index (χ1n) is 17.4. The summed E-state index contributed by atoms with van der Waals surface area (Å²) in [7, 11) is 0. The van der Waals surface area contributed by atoms with Gasteiger partial charge in [-0.05, 0) is 59.7 Å². The number of halogens is 2. The van der Waals surface area contributed by atoms with Gasteiger partial charge in [0.2, 0.25) is 5.91 Å². The van der Waals surface area contributed by atoms with E-state index in [9.17, 15) is 29.4 Å². The summed E-state index contributed by atoms with van der Waals surface area (Å²) in [5.74, 6) is -2.42. The minimum Gasteiger partial charge on any atom is -0.458 e. The van der Waals surface area contributed by atoms with E-state index in [4.69, 9.17) is 21.3 Å². The van der Waals surface area contributed by atoms with Crippen molar-refractivity contribution in [3.05, 3.63) is 121 Å². The van der Waals surface area contributed by atoms with Crippen LogP contribution in [0, 0.1) is 5.82 Å². The second-order valence-electron chi connectivity index (χ2n) is 13.6. The molecule has 3 N–H and O–H groups in total. The maximum Gasteiger partial charge on any atom is 0.343 e. The number of fused-ring (bicyclic) bond motifs is 5. The molecule has 8 rings (SSSR count). The van der Waals surface area contributed by atoms with Crippen molar-refractivity contribution in [2.45, 2.75) is 51.0 Å². The van der Waals surface area contributed by atoms with Crippen LogP contribution < -0.4 is 10.9 Å². The van der Waals surface area contributed by atoms with E-state index < -0.39 is 40.8 Å². The molecule has 2 aliphatic heterocycles. The second kappa shape index (κ2) is 13.2. The Morgan fingerprint density at radius 3 is 2.53 bits per heavy atom. The van der Waals surface area contributed by atoms with Gasteiger partial charge in [0.15, 0.2) is 5.60 Å². The number of nitrogens with one attached hydrogen (secondary N) is 1. The Bertz CT molecular complexity index is 2420. The van der Waals surface area contributed by atoms with Crippen LogP contribution in [0.2, 0.25) is 5.02 Å². The van der Waals surface area contributed by atoms with Crippen molar-refractivity contribution in [3.8, 4) is 22.5 Å². The summed E-state index contributed by atoms with van der Waals surface area (Å²) < 4.78 is 21.9. The average molecular weight is 737 g/mol. The molecule has 11 nitrogen and oxygen atoms in total. The third kappa shape index (κ3) is 5.60. The van der Waals surface area contributed by atoms with E-state index in [-0.39, 0.29) is 60.9 Å². The van der Waals surface area contributed by atoms with Crippen LogP contribution in [0.1, 0.15) is 64.0 Å². The Morgan fingerprint density at radius 1 is 1.08 bits per heavy atom. The lowest BCUT2D eigenvalue weighted by Crippen LogP contribution is -2.44.